The summed E-state index contributed by atoms with van der Waals surface area (Å²) in [5, 5.41) is 16.0. The van der Waals surface area contributed by atoms with Crippen molar-refractivity contribution in [2.45, 2.75) is 38.3 Å². The first kappa shape index (κ1) is 19.2. The SMILES string of the molecule is Cc1ccc(-n2nccn2)c(C(=O)N[C@H]2CCC[C@@H]2Nc2ncc3ccccc3n2)c1. The summed E-state index contributed by atoms with van der Waals surface area (Å²) in [6.07, 6.45) is 7.89. The van der Waals surface area contributed by atoms with Crippen molar-refractivity contribution in [1.82, 2.24) is 30.3 Å². The fourth-order valence-electron chi connectivity index (χ4n) is 4.11. The Morgan fingerprint density at radius 1 is 1.06 bits per heavy atom. The third kappa shape index (κ3) is 3.96. The maximum absolute atomic E-state index is 13.2. The minimum absolute atomic E-state index is 0.0125. The highest BCUT2D eigenvalue weighted by molar-refractivity contribution is 5.98. The van der Waals surface area contributed by atoms with E-state index in [1.807, 2.05) is 55.6 Å². The predicted molar refractivity (Wildman–Crippen MR) is 118 cm³/mol. The van der Waals surface area contributed by atoms with Crippen LogP contribution in [-0.2, 0) is 0 Å². The maximum atomic E-state index is 13.2. The maximum Gasteiger partial charge on any atom is 0.253 e. The average Bonchev–Trinajstić information content (AvgIpc) is 3.46. The van der Waals surface area contributed by atoms with Crippen molar-refractivity contribution in [2.75, 3.05) is 5.32 Å². The van der Waals surface area contributed by atoms with E-state index in [0.717, 1.165) is 35.7 Å². The number of aromatic nitrogens is 5. The predicted octanol–water partition coefficient (Wildman–Crippen LogP) is 3.28. The molecule has 4 aromatic rings. The number of carbonyl (C=O) groups is 1. The lowest BCUT2D eigenvalue weighted by Crippen LogP contribution is -2.43. The van der Waals surface area contributed by atoms with Gasteiger partial charge in [0.25, 0.3) is 5.91 Å². The summed E-state index contributed by atoms with van der Waals surface area (Å²) in [7, 11) is 0. The molecule has 31 heavy (non-hydrogen) atoms. The first-order chi connectivity index (χ1) is 15.2. The molecule has 2 heterocycles. The summed E-state index contributed by atoms with van der Waals surface area (Å²) >= 11 is 0. The second-order valence-electron chi connectivity index (χ2n) is 7.85. The van der Waals surface area contributed by atoms with Crippen LogP contribution in [0.2, 0.25) is 0 Å². The van der Waals surface area contributed by atoms with Gasteiger partial charge in [0.05, 0.1) is 29.2 Å². The summed E-state index contributed by atoms with van der Waals surface area (Å²) in [6.45, 7) is 1.97. The smallest absolute Gasteiger partial charge is 0.253 e. The van der Waals surface area contributed by atoms with E-state index in [0.29, 0.717) is 17.2 Å². The van der Waals surface area contributed by atoms with Gasteiger partial charge >= 0.3 is 0 Å². The molecule has 0 saturated heterocycles. The molecule has 1 saturated carbocycles. The van der Waals surface area contributed by atoms with Crippen LogP contribution < -0.4 is 10.6 Å². The first-order valence-electron chi connectivity index (χ1n) is 10.4. The van der Waals surface area contributed by atoms with Gasteiger partial charge in [-0.1, -0.05) is 29.8 Å². The highest BCUT2D eigenvalue weighted by atomic mass is 16.1. The van der Waals surface area contributed by atoms with Crippen LogP contribution in [0.3, 0.4) is 0 Å². The van der Waals surface area contributed by atoms with Crippen LogP contribution >= 0.6 is 0 Å². The third-order valence-corrected chi connectivity index (χ3v) is 5.67. The topological polar surface area (TPSA) is 97.6 Å². The van der Waals surface area contributed by atoms with Crippen LogP contribution in [0, 0.1) is 6.92 Å². The Morgan fingerprint density at radius 2 is 1.87 bits per heavy atom. The van der Waals surface area contributed by atoms with Crippen molar-refractivity contribution in [3.8, 4) is 5.69 Å². The van der Waals surface area contributed by atoms with Crippen LogP contribution in [0.5, 0.6) is 0 Å². The zero-order valence-corrected chi connectivity index (χ0v) is 17.2. The Kier molecular flexibility index (Phi) is 5.03. The Bertz CT molecular complexity index is 1220. The number of aryl methyl sites for hydroxylation is 1. The van der Waals surface area contributed by atoms with Crippen molar-refractivity contribution >= 4 is 22.8 Å². The summed E-state index contributed by atoms with van der Waals surface area (Å²) in [5.41, 5.74) is 3.12. The molecule has 2 N–H and O–H groups in total. The van der Waals surface area contributed by atoms with Crippen molar-refractivity contribution in [2.24, 2.45) is 0 Å². The summed E-state index contributed by atoms with van der Waals surface area (Å²) < 4.78 is 0. The number of benzene rings is 2. The number of rotatable bonds is 5. The molecule has 5 rings (SSSR count). The van der Waals surface area contributed by atoms with Crippen LogP contribution in [0.4, 0.5) is 5.95 Å². The number of amides is 1. The van der Waals surface area contributed by atoms with E-state index < -0.39 is 0 Å². The van der Waals surface area contributed by atoms with E-state index in [9.17, 15) is 4.79 Å². The van der Waals surface area contributed by atoms with E-state index >= 15 is 0 Å². The Hall–Kier alpha value is -3.81. The van der Waals surface area contributed by atoms with Gasteiger partial charge in [0, 0.05) is 23.7 Å². The normalized spacial score (nSPS) is 18.2. The second-order valence-corrected chi connectivity index (χ2v) is 7.85. The van der Waals surface area contributed by atoms with Crippen molar-refractivity contribution < 1.29 is 4.79 Å². The molecule has 2 aromatic heterocycles. The third-order valence-electron chi connectivity index (χ3n) is 5.67. The van der Waals surface area contributed by atoms with Gasteiger partial charge in [0.15, 0.2) is 0 Å². The van der Waals surface area contributed by atoms with Gasteiger partial charge in [-0.25, -0.2) is 9.97 Å². The minimum atomic E-state index is -0.130. The van der Waals surface area contributed by atoms with Crippen LogP contribution in [0.1, 0.15) is 35.2 Å². The van der Waals surface area contributed by atoms with Crippen LogP contribution in [-0.4, -0.2) is 43.0 Å². The van der Waals surface area contributed by atoms with Gasteiger partial charge in [-0.2, -0.15) is 15.0 Å². The summed E-state index contributed by atoms with van der Waals surface area (Å²) in [5.74, 6) is 0.455. The average molecular weight is 413 g/mol. The molecule has 8 heteroatoms. The first-order valence-corrected chi connectivity index (χ1v) is 10.4. The van der Waals surface area contributed by atoms with Gasteiger partial charge in [0.1, 0.15) is 0 Å². The van der Waals surface area contributed by atoms with E-state index in [2.05, 4.69) is 30.8 Å². The molecule has 0 spiro atoms. The van der Waals surface area contributed by atoms with Crippen LogP contribution in [0.25, 0.3) is 16.6 Å². The molecule has 2 atom stereocenters. The molecule has 0 aliphatic heterocycles. The standard InChI is InChI=1S/C23H23N7O/c1-15-9-10-21(30-25-11-12-26-30)17(13-15)22(31)27-19-7-4-8-20(19)29-23-24-14-16-5-2-3-6-18(16)28-23/h2-3,5-6,9-14,19-20H,4,7-8H2,1H3,(H,27,31)(H,24,28,29)/t19-,20-/m0/s1. The fraction of sp³-hybridized carbons (Fsp3) is 0.261. The quantitative estimate of drug-likeness (QED) is 0.521. The molecule has 0 radical (unpaired) electrons. The highest BCUT2D eigenvalue weighted by Crippen LogP contribution is 2.24. The number of nitrogens with one attached hydrogen (secondary N) is 2. The molecule has 0 unspecified atom stereocenters. The van der Waals surface area contributed by atoms with E-state index in [-0.39, 0.29) is 18.0 Å². The van der Waals surface area contributed by atoms with Gasteiger partial charge in [0.2, 0.25) is 5.95 Å². The Balaban J connectivity index is 1.35. The van der Waals surface area contributed by atoms with Crippen LogP contribution in [0.15, 0.2) is 61.1 Å². The van der Waals surface area contributed by atoms with Crippen molar-refractivity contribution in [3.63, 3.8) is 0 Å². The molecule has 1 amide bonds. The highest BCUT2D eigenvalue weighted by Gasteiger charge is 2.30. The summed E-state index contributed by atoms with van der Waals surface area (Å²) in [6, 6.07) is 13.7. The minimum Gasteiger partial charge on any atom is -0.349 e. The molecule has 1 aliphatic rings. The lowest BCUT2D eigenvalue weighted by Gasteiger charge is -2.23. The molecule has 8 nitrogen and oxygen atoms in total. The largest absolute Gasteiger partial charge is 0.349 e. The van der Waals surface area contributed by atoms with Gasteiger partial charge in [-0.3, -0.25) is 4.79 Å². The lowest BCUT2D eigenvalue weighted by molar-refractivity contribution is 0.0935. The number of hydrogen-bond acceptors (Lipinski definition) is 6. The number of carbonyl (C=O) groups excluding carboxylic acids is 1. The van der Waals surface area contributed by atoms with Gasteiger partial charge in [-0.05, 0) is 44.4 Å². The summed E-state index contributed by atoms with van der Waals surface area (Å²) in [4.78, 5) is 23.7. The molecule has 156 valence electrons. The Morgan fingerprint density at radius 3 is 2.74 bits per heavy atom. The monoisotopic (exact) mass is 413 g/mol. The molecular formula is C23H23N7O. The number of hydrogen-bond donors (Lipinski definition) is 2. The zero-order valence-electron chi connectivity index (χ0n) is 17.2. The Labute approximate surface area is 179 Å². The number of fused-ring (bicyclic) bond motifs is 1. The molecule has 2 aromatic carbocycles. The van der Waals surface area contributed by atoms with Gasteiger partial charge < -0.3 is 10.6 Å². The number of para-hydroxylation sites is 1. The van der Waals surface area contributed by atoms with Crippen molar-refractivity contribution in [3.05, 3.63) is 72.2 Å². The zero-order chi connectivity index (χ0) is 21.2. The lowest BCUT2D eigenvalue weighted by atomic mass is 10.1. The number of anilines is 1. The molecule has 1 aliphatic carbocycles. The van der Waals surface area contributed by atoms with E-state index in [4.69, 9.17) is 0 Å². The molecule has 0 bridgehead atoms. The second kappa shape index (κ2) is 8.14. The fourth-order valence-corrected chi connectivity index (χ4v) is 4.11. The number of nitrogens with zero attached hydrogens (tertiary/aromatic N) is 5. The van der Waals surface area contributed by atoms with E-state index in [1.165, 1.54) is 4.80 Å². The molecular weight excluding hydrogens is 390 g/mol. The van der Waals surface area contributed by atoms with Crippen molar-refractivity contribution in [1.29, 1.82) is 0 Å². The van der Waals surface area contributed by atoms with E-state index in [1.54, 1.807) is 12.4 Å². The van der Waals surface area contributed by atoms with Gasteiger partial charge in [-0.15, -0.1) is 0 Å². The molecule has 1 fully saturated rings.